The first-order valence-corrected chi connectivity index (χ1v) is 11.5. The number of likely N-dealkylation sites (tertiary alicyclic amines) is 1. The minimum atomic E-state index is -0.0941. The van der Waals surface area contributed by atoms with Crippen LogP contribution in [0.2, 0.25) is 0 Å². The fourth-order valence-electron chi connectivity index (χ4n) is 4.58. The number of hydrogen-bond donors (Lipinski definition) is 1. The number of hydrogen-bond acceptors (Lipinski definition) is 6. The summed E-state index contributed by atoms with van der Waals surface area (Å²) in [6, 6.07) is 5.75. The molecule has 3 aromatic heterocycles. The fraction of sp³-hybridized carbons (Fsp3) is 0.500. The van der Waals surface area contributed by atoms with Gasteiger partial charge in [-0.1, -0.05) is 18.2 Å². The van der Waals surface area contributed by atoms with Crippen LogP contribution < -0.4 is 5.56 Å². The normalized spacial score (nSPS) is 18.6. The molecule has 1 fully saturated rings. The highest BCUT2D eigenvalue weighted by Crippen LogP contribution is 2.44. The van der Waals surface area contributed by atoms with Gasteiger partial charge in [-0.15, -0.1) is 16.4 Å². The predicted molar refractivity (Wildman–Crippen MR) is 116 cm³/mol. The van der Waals surface area contributed by atoms with Crippen LogP contribution in [0.1, 0.15) is 46.3 Å². The lowest BCUT2D eigenvalue weighted by molar-refractivity contribution is -0.0982. The summed E-state index contributed by atoms with van der Waals surface area (Å²) in [7, 11) is 0. The molecule has 5 rings (SSSR count). The lowest BCUT2D eigenvalue weighted by atomic mass is 9.82. The van der Waals surface area contributed by atoms with Crippen molar-refractivity contribution in [1.29, 1.82) is 0 Å². The predicted octanol–water partition coefficient (Wildman–Crippen LogP) is 2.70. The topological polar surface area (TPSA) is 76.0 Å². The van der Waals surface area contributed by atoms with Gasteiger partial charge in [0.15, 0.2) is 0 Å². The van der Waals surface area contributed by atoms with Gasteiger partial charge >= 0.3 is 0 Å². The molecule has 2 aliphatic heterocycles. The monoisotopic (exact) mass is 425 g/mol. The van der Waals surface area contributed by atoms with Gasteiger partial charge in [-0.05, 0) is 36.5 Å². The number of thiophene rings is 1. The second-order valence-corrected chi connectivity index (χ2v) is 9.46. The lowest BCUT2D eigenvalue weighted by Gasteiger charge is -2.44. The van der Waals surface area contributed by atoms with Crippen molar-refractivity contribution in [2.75, 3.05) is 19.7 Å². The second kappa shape index (κ2) is 8.09. The molecule has 3 aromatic rings. The number of aryl methyl sites for hydroxylation is 1. The van der Waals surface area contributed by atoms with Crippen LogP contribution in [0, 0.1) is 0 Å². The molecule has 0 saturated carbocycles. The summed E-state index contributed by atoms with van der Waals surface area (Å²) in [5.74, 6) is 0. The highest BCUT2D eigenvalue weighted by atomic mass is 32.1. The van der Waals surface area contributed by atoms with Crippen LogP contribution in [0.25, 0.3) is 0 Å². The van der Waals surface area contributed by atoms with Gasteiger partial charge < -0.3 is 9.72 Å². The van der Waals surface area contributed by atoms with Crippen LogP contribution >= 0.6 is 11.3 Å². The van der Waals surface area contributed by atoms with Crippen molar-refractivity contribution in [3.63, 3.8) is 0 Å². The van der Waals surface area contributed by atoms with Gasteiger partial charge in [0.2, 0.25) is 5.56 Å². The van der Waals surface area contributed by atoms with Crippen molar-refractivity contribution in [2.45, 2.75) is 51.3 Å². The molecule has 7 nitrogen and oxygen atoms in total. The number of pyridine rings is 1. The van der Waals surface area contributed by atoms with E-state index in [0.717, 1.165) is 63.2 Å². The first-order valence-electron chi connectivity index (χ1n) is 10.7. The van der Waals surface area contributed by atoms with E-state index in [0.29, 0.717) is 6.54 Å². The Hall–Kier alpha value is -2.29. The van der Waals surface area contributed by atoms with Crippen LogP contribution in [0.5, 0.6) is 0 Å². The highest BCUT2D eigenvalue weighted by molar-refractivity contribution is 7.12. The number of ether oxygens (including phenoxy) is 1. The number of aromatic amines is 1. The largest absolute Gasteiger partial charge is 0.370 e. The minimum Gasteiger partial charge on any atom is -0.370 e. The quantitative estimate of drug-likeness (QED) is 0.680. The number of piperidine rings is 1. The van der Waals surface area contributed by atoms with Gasteiger partial charge in [-0.2, -0.15) is 0 Å². The molecule has 0 bridgehead atoms. The molecule has 0 aromatic carbocycles. The Morgan fingerprint density at radius 3 is 2.90 bits per heavy atom. The SMILES string of the molecule is CCc1cc2c(s1)CCOC21CCN(Cc2cn(Cc3ccc(=O)[nH]c3)nn2)CC1. The summed E-state index contributed by atoms with van der Waals surface area (Å²) < 4.78 is 8.21. The molecule has 1 N–H and O–H groups in total. The minimum absolute atomic E-state index is 0.0875. The zero-order valence-corrected chi connectivity index (χ0v) is 18.1. The van der Waals surface area contributed by atoms with E-state index in [1.54, 1.807) is 6.20 Å². The number of H-pyrrole nitrogens is 1. The van der Waals surface area contributed by atoms with Crippen molar-refractivity contribution in [2.24, 2.45) is 0 Å². The fourth-order valence-corrected chi connectivity index (χ4v) is 5.76. The van der Waals surface area contributed by atoms with Crippen LogP contribution in [0.4, 0.5) is 0 Å². The summed E-state index contributed by atoms with van der Waals surface area (Å²) in [5.41, 5.74) is 3.25. The standard InChI is InChI=1S/C22H27N5O2S/c1-2-18-11-19-20(30-18)5-10-29-22(19)6-8-26(9-7-22)14-17-15-27(25-24-17)13-16-3-4-21(28)23-12-16/h3-4,11-12,15H,2,5-10,13-14H2,1H3,(H,23,28). The third-order valence-electron chi connectivity index (χ3n) is 6.24. The average Bonchev–Trinajstić information content (AvgIpc) is 3.39. The van der Waals surface area contributed by atoms with Gasteiger partial charge in [0.1, 0.15) is 0 Å². The van der Waals surface area contributed by atoms with Crippen molar-refractivity contribution in [3.05, 3.63) is 67.5 Å². The lowest BCUT2D eigenvalue weighted by Crippen LogP contribution is -2.45. The molecule has 0 unspecified atom stereocenters. The molecular weight excluding hydrogens is 398 g/mol. The number of aromatic nitrogens is 4. The van der Waals surface area contributed by atoms with E-state index < -0.39 is 0 Å². The molecule has 2 aliphatic rings. The molecule has 30 heavy (non-hydrogen) atoms. The molecule has 8 heteroatoms. The Morgan fingerprint density at radius 2 is 2.13 bits per heavy atom. The summed E-state index contributed by atoms with van der Waals surface area (Å²) in [6.07, 6.45) is 7.95. The van der Waals surface area contributed by atoms with Crippen LogP contribution in [0.15, 0.2) is 35.4 Å². The molecule has 0 radical (unpaired) electrons. The van der Waals surface area contributed by atoms with E-state index in [4.69, 9.17) is 4.74 Å². The van der Waals surface area contributed by atoms with Crippen LogP contribution in [-0.2, 0) is 36.3 Å². The first kappa shape index (κ1) is 19.7. The molecule has 0 atom stereocenters. The van der Waals surface area contributed by atoms with Crippen molar-refractivity contribution < 1.29 is 4.74 Å². The third kappa shape index (κ3) is 3.87. The molecule has 158 valence electrons. The van der Waals surface area contributed by atoms with E-state index in [9.17, 15) is 4.79 Å². The molecule has 5 heterocycles. The van der Waals surface area contributed by atoms with E-state index in [2.05, 4.69) is 33.2 Å². The van der Waals surface area contributed by atoms with Crippen LogP contribution in [0.3, 0.4) is 0 Å². The van der Waals surface area contributed by atoms with Crippen molar-refractivity contribution in [1.82, 2.24) is 24.9 Å². The molecule has 0 amide bonds. The van der Waals surface area contributed by atoms with E-state index in [1.165, 1.54) is 21.4 Å². The zero-order chi connectivity index (χ0) is 20.6. The second-order valence-electron chi connectivity index (χ2n) is 8.24. The van der Waals surface area contributed by atoms with Crippen molar-refractivity contribution >= 4 is 11.3 Å². The third-order valence-corrected chi connectivity index (χ3v) is 7.57. The Bertz CT molecular complexity index is 1060. The summed E-state index contributed by atoms with van der Waals surface area (Å²) >= 11 is 1.98. The summed E-state index contributed by atoms with van der Waals surface area (Å²) in [6.45, 7) is 6.49. The van der Waals surface area contributed by atoms with Gasteiger partial charge in [0.25, 0.3) is 0 Å². The Balaban J connectivity index is 1.21. The Labute approximate surface area is 179 Å². The molecule has 0 aliphatic carbocycles. The van der Waals surface area contributed by atoms with E-state index >= 15 is 0 Å². The molecular formula is C22H27N5O2S. The molecule has 1 saturated heterocycles. The maximum Gasteiger partial charge on any atom is 0.247 e. The number of nitrogens with one attached hydrogen (secondary N) is 1. The number of fused-ring (bicyclic) bond motifs is 2. The maximum absolute atomic E-state index is 11.2. The molecule has 1 spiro atoms. The first-order chi connectivity index (χ1) is 14.6. The Morgan fingerprint density at radius 1 is 1.27 bits per heavy atom. The van der Waals surface area contributed by atoms with E-state index in [-0.39, 0.29) is 11.2 Å². The smallest absolute Gasteiger partial charge is 0.247 e. The Kier molecular flexibility index (Phi) is 5.30. The average molecular weight is 426 g/mol. The maximum atomic E-state index is 11.2. The number of rotatable bonds is 5. The van der Waals surface area contributed by atoms with E-state index in [1.807, 2.05) is 28.3 Å². The number of nitrogens with zero attached hydrogens (tertiary/aromatic N) is 4. The van der Waals surface area contributed by atoms with Crippen molar-refractivity contribution in [3.8, 4) is 0 Å². The van der Waals surface area contributed by atoms with Crippen LogP contribution in [-0.4, -0.2) is 44.6 Å². The van der Waals surface area contributed by atoms with Gasteiger partial charge in [0, 0.05) is 48.1 Å². The zero-order valence-electron chi connectivity index (χ0n) is 17.3. The van der Waals surface area contributed by atoms with Gasteiger partial charge in [-0.25, -0.2) is 4.68 Å². The highest BCUT2D eigenvalue weighted by Gasteiger charge is 2.41. The summed E-state index contributed by atoms with van der Waals surface area (Å²) in [4.78, 5) is 19.4. The van der Waals surface area contributed by atoms with Gasteiger partial charge in [0.05, 0.1) is 30.6 Å². The van der Waals surface area contributed by atoms with Gasteiger partial charge in [-0.3, -0.25) is 9.69 Å². The summed E-state index contributed by atoms with van der Waals surface area (Å²) in [5, 5.41) is 8.60.